The third-order valence-corrected chi connectivity index (χ3v) is 8.72. The number of sulfonamides is 1. The second-order valence-electron chi connectivity index (χ2n) is 10.6. The SMILES string of the molecule is C[C@@H]1CN(c2cccc(-c3ccc4cnc(CC(N)=O)cc4n3)n2)C[C@H](C)O1.O=S(=O)(C(F)F)N1CC2CC2C1.[HH].[HH]. The average molecular weight is 579 g/mol. The zero-order valence-corrected chi connectivity index (χ0v) is 23.1. The number of halogens is 2. The molecule has 10 nitrogen and oxygen atoms in total. The van der Waals surface area contributed by atoms with Gasteiger partial charge in [0.1, 0.15) is 5.82 Å². The molecule has 0 spiro atoms. The lowest BCUT2D eigenvalue weighted by atomic mass is 10.1. The van der Waals surface area contributed by atoms with Gasteiger partial charge in [-0.05, 0) is 62.4 Å². The van der Waals surface area contributed by atoms with Crippen LogP contribution in [0.25, 0.3) is 22.3 Å². The number of primary amides is 1. The maximum absolute atomic E-state index is 12.0. The molecule has 2 saturated heterocycles. The molecule has 13 heteroatoms. The van der Waals surface area contributed by atoms with Crippen molar-refractivity contribution in [2.45, 2.75) is 44.7 Å². The third kappa shape index (κ3) is 6.37. The summed E-state index contributed by atoms with van der Waals surface area (Å²) in [6.07, 6.45) is 3.16. The molecule has 5 heterocycles. The lowest BCUT2D eigenvalue weighted by molar-refractivity contribution is -0.117. The van der Waals surface area contributed by atoms with Crippen LogP contribution in [0.15, 0.2) is 42.6 Å². The molecule has 3 fully saturated rings. The predicted octanol–water partition coefficient (Wildman–Crippen LogP) is 3.32. The number of amides is 1. The quantitative estimate of drug-likeness (QED) is 0.471. The van der Waals surface area contributed by atoms with Crippen LogP contribution >= 0.6 is 0 Å². The minimum atomic E-state index is -4.28. The van der Waals surface area contributed by atoms with Crippen LogP contribution in [0.2, 0.25) is 0 Å². The summed E-state index contributed by atoms with van der Waals surface area (Å²) in [5.41, 5.74) is 8.24. The van der Waals surface area contributed by atoms with E-state index in [2.05, 4.69) is 23.7 Å². The molecule has 40 heavy (non-hydrogen) atoms. The van der Waals surface area contributed by atoms with Gasteiger partial charge in [0.05, 0.1) is 41.2 Å². The Balaban J connectivity index is 0.000000291. The number of carbonyl (C=O) groups is 1. The summed E-state index contributed by atoms with van der Waals surface area (Å²) in [6.45, 7) is 6.39. The molecular weight excluding hydrogens is 542 g/mol. The lowest BCUT2D eigenvalue weighted by Crippen LogP contribution is -2.45. The number of alkyl halides is 2. The molecule has 1 aliphatic carbocycles. The van der Waals surface area contributed by atoms with E-state index in [-0.39, 0.29) is 21.5 Å². The van der Waals surface area contributed by atoms with Gasteiger partial charge in [0.2, 0.25) is 5.91 Å². The van der Waals surface area contributed by atoms with Crippen molar-refractivity contribution in [2.75, 3.05) is 31.1 Å². The molecule has 0 radical (unpaired) electrons. The molecule has 2 N–H and O–H groups in total. The lowest BCUT2D eigenvalue weighted by Gasteiger charge is -2.36. The standard InChI is InChI=1S/C21H23N5O2.C6H9F2NO2S.2H2/c1-13-11-26(12-14(2)28-13)21-5-3-4-17(25-21)18-7-6-15-10-23-16(9-20(22)27)8-19(15)24-18;7-6(8)12(10,11)9-2-4-1-5(4)3-9;;/h3-8,10,13-14H,9,11-12H2,1-2H3,(H2,22,27);4-6H,1-3H2;2*1H/t13-,14+;;;. The molecule has 4 atom stereocenters. The maximum atomic E-state index is 12.0. The van der Waals surface area contributed by atoms with Gasteiger partial charge in [0, 0.05) is 40.6 Å². The number of nitrogens with zero attached hydrogens (tertiary/aromatic N) is 5. The van der Waals surface area contributed by atoms with E-state index in [4.69, 9.17) is 20.4 Å². The smallest absolute Gasteiger partial charge is 0.350 e. The molecule has 3 aromatic rings. The monoisotopic (exact) mass is 578 g/mol. The van der Waals surface area contributed by atoms with Gasteiger partial charge in [-0.2, -0.15) is 13.1 Å². The zero-order valence-electron chi connectivity index (χ0n) is 22.3. The Bertz CT molecular complexity index is 1500. The second kappa shape index (κ2) is 11.3. The summed E-state index contributed by atoms with van der Waals surface area (Å²) in [5, 5.41) is 0.906. The topological polar surface area (TPSA) is 132 Å². The van der Waals surface area contributed by atoms with Gasteiger partial charge in [0.25, 0.3) is 10.0 Å². The number of rotatable bonds is 6. The number of piperidine rings is 1. The molecule has 0 aromatic carbocycles. The Morgan fingerprint density at radius 3 is 2.40 bits per heavy atom. The molecule has 1 amide bonds. The first-order chi connectivity index (χ1) is 19.0. The van der Waals surface area contributed by atoms with Gasteiger partial charge in [-0.1, -0.05) is 6.07 Å². The predicted molar refractivity (Wildman–Crippen MR) is 150 cm³/mol. The van der Waals surface area contributed by atoms with Crippen LogP contribution in [0.4, 0.5) is 14.6 Å². The number of nitrogens with two attached hydrogens (primary N) is 1. The Labute approximate surface area is 234 Å². The van der Waals surface area contributed by atoms with Crippen LogP contribution in [0.3, 0.4) is 0 Å². The summed E-state index contributed by atoms with van der Waals surface area (Å²) in [6, 6.07) is 11.7. The number of hydrogen-bond donors (Lipinski definition) is 1. The molecule has 6 rings (SSSR count). The van der Waals surface area contributed by atoms with Crippen molar-refractivity contribution in [3.63, 3.8) is 0 Å². The number of ether oxygens (including phenoxy) is 1. The molecule has 1 saturated carbocycles. The fourth-order valence-electron chi connectivity index (χ4n) is 5.26. The van der Waals surface area contributed by atoms with Gasteiger partial charge in [-0.3, -0.25) is 9.78 Å². The number of fused-ring (bicyclic) bond motifs is 2. The van der Waals surface area contributed by atoms with Crippen molar-refractivity contribution in [1.29, 1.82) is 0 Å². The maximum Gasteiger partial charge on any atom is 0.350 e. The summed E-state index contributed by atoms with van der Waals surface area (Å²) < 4.78 is 52.4. The van der Waals surface area contributed by atoms with Crippen LogP contribution in [0.1, 0.15) is 28.8 Å². The minimum Gasteiger partial charge on any atom is -0.372 e. The van der Waals surface area contributed by atoms with E-state index in [1.165, 1.54) is 0 Å². The van der Waals surface area contributed by atoms with Crippen LogP contribution in [0, 0.1) is 11.8 Å². The van der Waals surface area contributed by atoms with Crippen molar-refractivity contribution < 1.29 is 29.6 Å². The first-order valence-electron chi connectivity index (χ1n) is 13.2. The van der Waals surface area contributed by atoms with Crippen molar-refractivity contribution in [1.82, 2.24) is 19.3 Å². The Morgan fingerprint density at radius 1 is 1.07 bits per heavy atom. The van der Waals surface area contributed by atoms with Crippen molar-refractivity contribution in [2.24, 2.45) is 17.6 Å². The highest BCUT2D eigenvalue weighted by Crippen LogP contribution is 2.46. The molecule has 2 aliphatic heterocycles. The summed E-state index contributed by atoms with van der Waals surface area (Å²) in [7, 11) is -4.28. The van der Waals surface area contributed by atoms with E-state index in [9.17, 15) is 22.0 Å². The fraction of sp³-hybridized carbons (Fsp3) is 0.481. The number of pyridine rings is 3. The normalized spacial score (nSPS) is 24.5. The van der Waals surface area contributed by atoms with E-state index < -0.39 is 21.7 Å². The Morgan fingerprint density at radius 2 is 1.75 bits per heavy atom. The van der Waals surface area contributed by atoms with Gasteiger partial charge >= 0.3 is 5.76 Å². The first kappa shape index (κ1) is 28.2. The summed E-state index contributed by atoms with van der Waals surface area (Å²) in [5.74, 6) is -2.02. The van der Waals surface area contributed by atoms with Crippen LogP contribution in [-0.2, 0) is 26.0 Å². The van der Waals surface area contributed by atoms with Crippen LogP contribution < -0.4 is 10.6 Å². The first-order valence-corrected chi connectivity index (χ1v) is 14.7. The highest BCUT2D eigenvalue weighted by molar-refractivity contribution is 7.89. The van der Waals surface area contributed by atoms with Crippen molar-refractivity contribution >= 4 is 32.7 Å². The number of aromatic nitrogens is 3. The minimum absolute atomic E-state index is 0. The van der Waals surface area contributed by atoms with Crippen LogP contribution in [0.5, 0.6) is 0 Å². The molecule has 3 aliphatic rings. The van der Waals surface area contributed by atoms with Gasteiger partial charge in [-0.15, -0.1) is 0 Å². The van der Waals surface area contributed by atoms with Gasteiger partial charge in [0.15, 0.2) is 0 Å². The summed E-state index contributed by atoms with van der Waals surface area (Å²) in [4.78, 5) is 27.2. The summed E-state index contributed by atoms with van der Waals surface area (Å²) >= 11 is 0. The Hall–Kier alpha value is -3.29. The van der Waals surface area contributed by atoms with E-state index in [0.717, 1.165) is 51.9 Å². The largest absolute Gasteiger partial charge is 0.372 e. The van der Waals surface area contributed by atoms with E-state index >= 15 is 0 Å². The molecule has 0 bridgehead atoms. The number of anilines is 1. The van der Waals surface area contributed by atoms with Gasteiger partial charge in [-0.25, -0.2) is 18.4 Å². The van der Waals surface area contributed by atoms with Crippen molar-refractivity contribution in [3.05, 3.63) is 48.3 Å². The van der Waals surface area contributed by atoms with Crippen molar-refractivity contribution in [3.8, 4) is 11.4 Å². The van der Waals surface area contributed by atoms with Gasteiger partial charge < -0.3 is 15.4 Å². The van der Waals surface area contributed by atoms with Crippen LogP contribution in [-0.4, -0.2) is 77.7 Å². The van der Waals surface area contributed by atoms with E-state index in [0.29, 0.717) is 30.6 Å². The molecule has 3 aromatic heterocycles. The average Bonchev–Trinajstić information content (AvgIpc) is 3.51. The van der Waals surface area contributed by atoms with E-state index in [1.807, 2.05) is 30.3 Å². The molecular formula is C27H36F2N6O4S. The second-order valence-corrected chi connectivity index (χ2v) is 12.5. The number of carbonyl (C=O) groups excluding carboxylic acids is 1. The molecule has 218 valence electrons. The highest BCUT2D eigenvalue weighted by atomic mass is 32.2. The fourth-order valence-corrected chi connectivity index (χ4v) is 6.28. The number of morpholine rings is 1. The van der Waals surface area contributed by atoms with E-state index in [1.54, 1.807) is 12.3 Å². The zero-order chi connectivity index (χ0) is 28.6. The highest BCUT2D eigenvalue weighted by Gasteiger charge is 2.50. The third-order valence-electron chi connectivity index (χ3n) is 7.26. The Kier molecular flexibility index (Phi) is 7.98. The molecule has 2 unspecified atom stereocenters. The number of hydrogen-bond acceptors (Lipinski definition) is 8.